The number of hydrogen-bond donors (Lipinski definition) is 1. The van der Waals surface area contributed by atoms with Crippen LogP contribution in [0.2, 0.25) is 0 Å². The molecule has 18 heavy (non-hydrogen) atoms. The maximum Gasteiger partial charge on any atom is 0.0824 e. The summed E-state index contributed by atoms with van der Waals surface area (Å²) in [6.45, 7) is 10.7. The van der Waals surface area contributed by atoms with E-state index in [1.54, 1.807) is 0 Å². The second-order valence-corrected chi connectivity index (χ2v) is 5.94. The van der Waals surface area contributed by atoms with E-state index in [-0.39, 0.29) is 6.10 Å². The maximum absolute atomic E-state index is 5.73. The molecule has 2 saturated heterocycles. The molecule has 0 aromatic heterocycles. The Labute approximate surface area is 111 Å². The Morgan fingerprint density at radius 1 is 1.22 bits per heavy atom. The van der Waals surface area contributed by atoms with Crippen molar-refractivity contribution in [1.29, 1.82) is 0 Å². The molecule has 2 fully saturated rings. The van der Waals surface area contributed by atoms with Gasteiger partial charge in [0.1, 0.15) is 0 Å². The van der Waals surface area contributed by atoms with E-state index in [0.29, 0.717) is 12.6 Å². The summed E-state index contributed by atoms with van der Waals surface area (Å²) in [6.07, 6.45) is 4.21. The molecule has 4 heteroatoms. The second-order valence-electron chi connectivity index (χ2n) is 5.94. The summed E-state index contributed by atoms with van der Waals surface area (Å²) < 4.78 is 5.66. The summed E-state index contributed by atoms with van der Waals surface area (Å²) in [5, 5.41) is 0. The lowest BCUT2D eigenvalue weighted by Gasteiger charge is -2.37. The van der Waals surface area contributed by atoms with Gasteiger partial charge in [0.2, 0.25) is 0 Å². The SMILES string of the molecule is CC(C)N1CCCC(N2CCOC(CN)C2)CC1. The van der Waals surface area contributed by atoms with Crippen LogP contribution in [0, 0.1) is 0 Å². The van der Waals surface area contributed by atoms with Gasteiger partial charge in [-0.05, 0) is 46.2 Å². The van der Waals surface area contributed by atoms with Crippen LogP contribution in [0.4, 0.5) is 0 Å². The van der Waals surface area contributed by atoms with Gasteiger partial charge in [0.15, 0.2) is 0 Å². The maximum atomic E-state index is 5.73. The van der Waals surface area contributed by atoms with Crippen LogP contribution in [0.15, 0.2) is 0 Å². The van der Waals surface area contributed by atoms with Crippen LogP contribution >= 0.6 is 0 Å². The zero-order valence-electron chi connectivity index (χ0n) is 12.0. The van der Waals surface area contributed by atoms with Crippen LogP contribution in [0.5, 0.6) is 0 Å². The minimum Gasteiger partial charge on any atom is -0.374 e. The van der Waals surface area contributed by atoms with E-state index in [9.17, 15) is 0 Å². The molecule has 0 radical (unpaired) electrons. The van der Waals surface area contributed by atoms with Gasteiger partial charge in [0.25, 0.3) is 0 Å². The predicted molar refractivity (Wildman–Crippen MR) is 74.7 cm³/mol. The van der Waals surface area contributed by atoms with Crippen molar-refractivity contribution < 1.29 is 4.74 Å². The summed E-state index contributed by atoms with van der Waals surface area (Å²) in [6, 6.07) is 1.43. The summed E-state index contributed by atoms with van der Waals surface area (Å²) >= 11 is 0. The lowest BCUT2D eigenvalue weighted by atomic mass is 10.1. The van der Waals surface area contributed by atoms with Crippen LogP contribution in [-0.4, -0.2) is 67.3 Å². The van der Waals surface area contributed by atoms with E-state index in [4.69, 9.17) is 10.5 Å². The molecule has 0 bridgehead atoms. The number of ether oxygens (including phenoxy) is 1. The molecule has 0 amide bonds. The smallest absolute Gasteiger partial charge is 0.0824 e. The van der Waals surface area contributed by atoms with E-state index >= 15 is 0 Å². The Morgan fingerprint density at radius 2 is 2.06 bits per heavy atom. The highest BCUT2D eigenvalue weighted by molar-refractivity contribution is 4.82. The zero-order valence-corrected chi connectivity index (χ0v) is 12.0. The van der Waals surface area contributed by atoms with Crippen LogP contribution in [0.25, 0.3) is 0 Å². The Kier molecular flexibility index (Phi) is 5.42. The Bertz CT molecular complexity index is 247. The van der Waals surface area contributed by atoms with E-state index in [0.717, 1.165) is 25.7 Å². The zero-order chi connectivity index (χ0) is 13.0. The fourth-order valence-corrected chi connectivity index (χ4v) is 3.20. The molecule has 0 aromatic rings. The van der Waals surface area contributed by atoms with Gasteiger partial charge in [-0.15, -0.1) is 0 Å². The molecule has 0 saturated carbocycles. The highest BCUT2D eigenvalue weighted by Crippen LogP contribution is 2.20. The van der Waals surface area contributed by atoms with Crippen LogP contribution in [0.3, 0.4) is 0 Å². The third kappa shape index (κ3) is 3.67. The molecule has 0 aromatic carbocycles. The number of nitrogens with zero attached hydrogens (tertiary/aromatic N) is 2. The standard InChI is InChI=1S/C14H29N3O/c1-12(2)16-6-3-4-13(5-7-16)17-8-9-18-14(10-15)11-17/h12-14H,3-11,15H2,1-2H3. The molecular weight excluding hydrogens is 226 g/mol. The molecule has 2 rings (SSSR count). The normalized spacial score (nSPS) is 32.7. The van der Waals surface area contributed by atoms with Gasteiger partial charge in [-0.3, -0.25) is 4.90 Å². The number of morpholine rings is 1. The number of likely N-dealkylation sites (tertiary alicyclic amines) is 1. The molecule has 2 unspecified atom stereocenters. The largest absolute Gasteiger partial charge is 0.374 e. The molecular formula is C14H29N3O. The third-order valence-corrected chi connectivity index (χ3v) is 4.41. The average molecular weight is 255 g/mol. The molecule has 106 valence electrons. The fourth-order valence-electron chi connectivity index (χ4n) is 3.20. The molecule has 2 N–H and O–H groups in total. The molecule has 2 aliphatic heterocycles. The second kappa shape index (κ2) is 6.85. The first-order valence-corrected chi connectivity index (χ1v) is 7.50. The van der Waals surface area contributed by atoms with Gasteiger partial charge >= 0.3 is 0 Å². The van der Waals surface area contributed by atoms with Crippen molar-refractivity contribution >= 4 is 0 Å². The van der Waals surface area contributed by atoms with Gasteiger partial charge in [-0.2, -0.15) is 0 Å². The summed E-state index contributed by atoms with van der Waals surface area (Å²) in [5.41, 5.74) is 5.73. The quantitative estimate of drug-likeness (QED) is 0.814. The van der Waals surface area contributed by atoms with Gasteiger partial charge in [0, 0.05) is 31.7 Å². The molecule has 0 aliphatic carbocycles. The van der Waals surface area contributed by atoms with Crippen LogP contribution < -0.4 is 5.73 Å². The number of hydrogen-bond acceptors (Lipinski definition) is 4. The number of nitrogens with two attached hydrogens (primary N) is 1. The van der Waals surface area contributed by atoms with Crippen molar-refractivity contribution in [3.8, 4) is 0 Å². The topological polar surface area (TPSA) is 41.7 Å². The van der Waals surface area contributed by atoms with Crippen molar-refractivity contribution in [2.45, 2.75) is 51.3 Å². The molecule has 2 atom stereocenters. The predicted octanol–water partition coefficient (Wildman–Crippen LogP) is 0.909. The van der Waals surface area contributed by atoms with Crippen LogP contribution in [-0.2, 0) is 4.74 Å². The van der Waals surface area contributed by atoms with Crippen molar-refractivity contribution in [3.63, 3.8) is 0 Å². The third-order valence-electron chi connectivity index (χ3n) is 4.41. The van der Waals surface area contributed by atoms with Crippen molar-refractivity contribution in [2.75, 3.05) is 39.3 Å². The monoisotopic (exact) mass is 255 g/mol. The molecule has 4 nitrogen and oxygen atoms in total. The Morgan fingerprint density at radius 3 is 2.78 bits per heavy atom. The van der Waals surface area contributed by atoms with Gasteiger partial charge in [0.05, 0.1) is 12.7 Å². The van der Waals surface area contributed by atoms with Gasteiger partial charge < -0.3 is 15.4 Å². The first-order valence-electron chi connectivity index (χ1n) is 7.50. The first kappa shape index (κ1) is 14.3. The van der Waals surface area contributed by atoms with E-state index in [1.807, 2.05) is 0 Å². The number of rotatable bonds is 3. The average Bonchev–Trinajstić information content (AvgIpc) is 2.64. The Hall–Kier alpha value is -0.160. The molecule has 2 heterocycles. The van der Waals surface area contributed by atoms with E-state index < -0.39 is 0 Å². The lowest BCUT2D eigenvalue weighted by molar-refractivity contribution is -0.0404. The minimum absolute atomic E-state index is 0.253. The summed E-state index contributed by atoms with van der Waals surface area (Å²) in [4.78, 5) is 5.23. The van der Waals surface area contributed by atoms with Crippen LogP contribution in [0.1, 0.15) is 33.1 Å². The van der Waals surface area contributed by atoms with Crippen molar-refractivity contribution in [2.24, 2.45) is 5.73 Å². The van der Waals surface area contributed by atoms with Crippen molar-refractivity contribution in [3.05, 3.63) is 0 Å². The Balaban J connectivity index is 1.85. The minimum atomic E-state index is 0.253. The molecule has 0 spiro atoms. The lowest BCUT2D eigenvalue weighted by Crippen LogP contribution is -2.50. The fraction of sp³-hybridized carbons (Fsp3) is 1.00. The summed E-state index contributed by atoms with van der Waals surface area (Å²) in [5.74, 6) is 0. The first-order chi connectivity index (χ1) is 8.70. The highest BCUT2D eigenvalue weighted by Gasteiger charge is 2.27. The summed E-state index contributed by atoms with van der Waals surface area (Å²) in [7, 11) is 0. The highest BCUT2D eigenvalue weighted by atomic mass is 16.5. The van der Waals surface area contributed by atoms with E-state index in [1.165, 1.54) is 32.4 Å². The molecule has 2 aliphatic rings. The van der Waals surface area contributed by atoms with E-state index in [2.05, 4.69) is 23.6 Å². The van der Waals surface area contributed by atoms with Gasteiger partial charge in [-0.1, -0.05) is 0 Å². The van der Waals surface area contributed by atoms with Gasteiger partial charge in [-0.25, -0.2) is 0 Å². The van der Waals surface area contributed by atoms with Crippen molar-refractivity contribution in [1.82, 2.24) is 9.80 Å².